The summed E-state index contributed by atoms with van der Waals surface area (Å²) in [5.74, 6) is 3.91. The lowest BCUT2D eigenvalue weighted by atomic mass is 9.42. The van der Waals surface area contributed by atoms with Crippen molar-refractivity contribution in [3.8, 4) is 22.6 Å². The fourth-order valence-corrected chi connectivity index (χ4v) is 14.4. The van der Waals surface area contributed by atoms with Gasteiger partial charge < -0.3 is 24.1 Å². The second-order valence-electron chi connectivity index (χ2n) is 21.2. The number of halogens is 2. The predicted molar refractivity (Wildman–Crippen MR) is 264 cm³/mol. The number of nitrogens with zero attached hydrogens (tertiary/aromatic N) is 9. The van der Waals surface area contributed by atoms with E-state index in [1.54, 1.807) is 48.2 Å². The van der Waals surface area contributed by atoms with Gasteiger partial charge in [-0.05, 0) is 112 Å². The van der Waals surface area contributed by atoms with Crippen LogP contribution in [0, 0.1) is 53.8 Å². The lowest BCUT2D eigenvalue weighted by Crippen LogP contribution is -2.74. The number of piperidine rings is 1. The van der Waals surface area contributed by atoms with Crippen molar-refractivity contribution in [1.29, 1.82) is 5.26 Å². The van der Waals surface area contributed by atoms with Gasteiger partial charge in [-0.3, -0.25) is 14.4 Å². The van der Waals surface area contributed by atoms with Crippen LogP contribution in [0.4, 0.5) is 5.95 Å². The maximum absolute atomic E-state index is 13.7. The minimum Gasteiger partial charge on any atom is -0.490 e. The second-order valence-corrected chi connectivity index (χ2v) is 23.2. The molecular weight excluding hydrogens is 932 g/mol. The van der Waals surface area contributed by atoms with Crippen LogP contribution in [0.1, 0.15) is 127 Å². The van der Waals surface area contributed by atoms with Gasteiger partial charge in [0.2, 0.25) is 5.95 Å². The van der Waals surface area contributed by atoms with Crippen LogP contribution in [0.15, 0.2) is 70.5 Å². The third kappa shape index (κ3) is 7.78. The first kappa shape index (κ1) is 45.6. The van der Waals surface area contributed by atoms with E-state index in [1.165, 1.54) is 23.3 Å². The number of aryl methyl sites for hydroxylation is 2. The summed E-state index contributed by atoms with van der Waals surface area (Å²) in [6.45, 7) is 16.3. The van der Waals surface area contributed by atoms with Crippen LogP contribution < -0.4 is 19.7 Å². The SMILES string of the molecule is Cc1sc2c(c1C)C(c1ccc(OC3CC4(C3)CC3(CCN(c5ncc(C(=O)NC6C(C)(C)C(Oc7ccc(C#N)c(Cl)c7)C6(C)C)c(Cl)n5)CC3)C4)cc1)=N[C@@H](Cc1ncco1)c1nnc(C)n1-2. The lowest BCUT2D eigenvalue weighted by Gasteiger charge is -2.65. The Labute approximate surface area is 415 Å². The minimum absolute atomic E-state index is 0.138. The molecule has 6 heterocycles. The minimum atomic E-state index is -0.423. The van der Waals surface area contributed by atoms with Crippen LogP contribution in [-0.4, -0.2) is 72.7 Å². The quantitative estimate of drug-likeness (QED) is 0.130. The van der Waals surface area contributed by atoms with Gasteiger partial charge >= 0.3 is 0 Å². The molecular formula is C52H54Cl2N10O4S. The van der Waals surface area contributed by atoms with E-state index in [9.17, 15) is 10.1 Å². The van der Waals surface area contributed by atoms with Crippen molar-refractivity contribution in [2.45, 2.75) is 118 Å². The number of hydrogen-bond donors (Lipinski definition) is 1. The average Bonchev–Trinajstić information content (AvgIpc) is 4.01. The molecule has 6 aromatic rings. The molecule has 1 atom stereocenters. The van der Waals surface area contributed by atoms with Gasteiger partial charge in [-0.25, -0.2) is 15.0 Å². The number of rotatable bonds is 10. The highest BCUT2D eigenvalue weighted by atomic mass is 35.5. The van der Waals surface area contributed by atoms with E-state index >= 15 is 0 Å². The van der Waals surface area contributed by atoms with Crippen molar-refractivity contribution >= 4 is 52.1 Å². The van der Waals surface area contributed by atoms with Crippen LogP contribution in [0.2, 0.25) is 10.2 Å². The highest BCUT2D eigenvalue weighted by Crippen LogP contribution is 2.68. The number of amides is 1. The van der Waals surface area contributed by atoms with E-state index in [4.69, 9.17) is 42.1 Å². The zero-order valence-corrected chi connectivity index (χ0v) is 42.1. The Morgan fingerprint density at radius 2 is 1.68 bits per heavy atom. The molecule has 5 aliphatic rings. The van der Waals surface area contributed by atoms with Gasteiger partial charge in [-0.15, -0.1) is 21.5 Å². The monoisotopic (exact) mass is 984 g/mol. The summed E-state index contributed by atoms with van der Waals surface area (Å²) in [6, 6.07) is 15.0. The smallest absolute Gasteiger partial charge is 0.256 e. The molecule has 69 heavy (non-hydrogen) atoms. The fraction of sp³-hybridized carbons (Fsp3) is 0.462. The maximum atomic E-state index is 13.7. The largest absolute Gasteiger partial charge is 0.490 e. The number of anilines is 1. The van der Waals surface area contributed by atoms with Gasteiger partial charge in [-0.1, -0.05) is 50.9 Å². The van der Waals surface area contributed by atoms with E-state index in [1.807, 2.05) is 6.92 Å². The summed E-state index contributed by atoms with van der Waals surface area (Å²) >= 11 is 14.8. The number of aliphatic imine (C=N–C) groups is 1. The molecule has 0 bridgehead atoms. The van der Waals surface area contributed by atoms with E-state index in [2.05, 4.69) is 112 Å². The summed E-state index contributed by atoms with van der Waals surface area (Å²) in [6.07, 6.45) is 12.0. The third-order valence-electron chi connectivity index (χ3n) is 15.9. The molecule has 2 aliphatic heterocycles. The van der Waals surface area contributed by atoms with E-state index in [0.29, 0.717) is 45.4 Å². The number of nitriles is 1. The molecule has 356 valence electrons. The van der Waals surface area contributed by atoms with Crippen molar-refractivity contribution in [2.24, 2.45) is 26.7 Å². The lowest BCUT2D eigenvalue weighted by molar-refractivity contribution is -0.164. The number of fused-ring (bicyclic) bond motifs is 3. The second kappa shape index (κ2) is 16.7. The zero-order chi connectivity index (χ0) is 48.2. The molecule has 17 heteroatoms. The van der Waals surface area contributed by atoms with Crippen LogP contribution in [0.25, 0.3) is 5.00 Å². The van der Waals surface area contributed by atoms with Gasteiger partial charge in [0, 0.05) is 58.2 Å². The molecule has 14 nitrogen and oxygen atoms in total. The van der Waals surface area contributed by atoms with Crippen molar-refractivity contribution in [1.82, 2.24) is 35.0 Å². The predicted octanol–water partition coefficient (Wildman–Crippen LogP) is 10.6. The summed E-state index contributed by atoms with van der Waals surface area (Å²) in [5.41, 5.74) is 4.73. The summed E-state index contributed by atoms with van der Waals surface area (Å²) < 4.78 is 20.8. The number of hydrogen-bond acceptors (Lipinski definition) is 13. The molecule has 1 saturated heterocycles. The molecule has 1 N–H and O–H groups in total. The molecule has 0 radical (unpaired) electrons. The third-order valence-corrected chi connectivity index (χ3v) is 17.6. The molecule has 0 unspecified atom stereocenters. The van der Waals surface area contributed by atoms with Crippen LogP contribution in [0.5, 0.6) is 11.5 Å². The van der Waals surface area contributed by atoms with Crippen LogP contribution in [0.3, 0.4) is 0 Å². The Kier molecular flexibility index (Phi) is 11.0. The van der Waals surface area contributed by atoms with E-state index in [0.717, 1.165) is 78.0 Å². The van der Waals surface area contributed by atoms with Crippen LogP contribution >= 0.6 is 34.5 Å². The topological polar surface area (TPSA) is 169 Å². The molecule has 2 aromatic carbocycles. The number of aromatic nitrogens is 6. The standard InChI is InChI=1S/C52H54Cl2N10O4S/c1-28-29(2)69-45-40(28)41(58-38(21-39-56-16-19-66-39)43-62-61-30(3)64(43)45)31-8-11-33(12-9-31)67-35-22-52(23-35)26-51(27-52)14-17-63(18-15-51)48-57-25-36(42(54)59-48)44(65)60-46-49(4,5)47(50(46,6)7)68-34-13-10-32(24-55)37(53)20-34/h8-13,16,19-20,25,35,38,46-47H,14-15,17-18,21-23,26-27H2,1-7H3,(H,60,65)/t38-,46?,47?/m0/s1. The number of thiophene rings is 1. The fourth-order valence-electron chi connectivity index (χ4n) is 12.7. The first-order valence-corrected chi connectivity index (χ1v) is 25.2. The molecule has 2 spiro atoms. The van der Waals surface area contributed by atoms with Gasteiger partial charge in [0.25, 0.3) is 5.91 Å². The Hall–Kier alpha value is -5.82. The number of carbonyl (C=O) groups excluding carboxylic acids is 1. The van der Waals surface area contributed by atoms with E-state index < -0.39 is 10.8 Å². The molecule has 4 fully saturated rings. The van der Waals surface area contributed by atoms with Gasteiger partial charge in [0.1, 0.15) is 52.0 Å². The Bertz CT molecular complexity index is 3040. The number of ether oxygens (including phenoxy) is 2. The molecule has 4 aromatic heterocycles. The number of benzene rings is 2. The highest BCUT2D eigenvalue weighted by molar-refractivity contribution is 7.15. The summed E-state index contributed by atoms with van der Waals surface area (Å²) in [5, 5.41) is 23.1. The average molecular weight is 986 g/mol. The number of nitrogens with one attached hydrogen (secondary N) is 1. The number of carbonyl (C=O) groups is 1. The molecule has 3 aliphatic carbocycles. The first-order chi connectivity index (χ1) is 33.0. The normalized spacial score (nSPS) is 22.5. The first-order valence-electron chi connectivity index (χ1n) is 23.7. The summed E-state index contributed by atoms with van der Waals surface area (Å²) in [7, 11) is 0. The van der Waals surface area contributed by atoms with Crippen molar-refractivity contribution < 1.29 is 18.7 Å². The van der Waals surface area contributed by atoms with Gasteiger partial charge in [-0.2, -0.15) is 5.26 Å². The zero-order valence-electron chi connectivity index (χ0n) is 39.8. The van der Waals surface area contributed by atoms with Gasteiger partial charge in [0.05, 0.1) is 40.6 Å². The van der Waals surface area contributed by atoms with Crippen molar-refractivity contribution in [2.75, 3.05) is 18.0 Å². The Morgan fingerprint density at radius 1 is 0.957 bits per heavy atom. The molecule has 11 rings (SSSR count). The van der Waals surface area contributed by atoms with Crippen molar-refractivity contribution in [3.63, 3.8) is 0 Å². The van der Waals surface area contributed by atoms with Crippen LogP contribution in [-0.2, 0) is 6.42 Å². The molecule has 3 saturated carbocycles. The van der Waals surface area contributed by atoms with E-state index in [-0.39, 0.29) is 40.9 Å². The van der Waals surface area contributed by atoms with Crippen molar-refractivity contribution in [3.05, 3.63) is 122 Å². The number of oxazole rings is 1. The Morgan fingerprint density at radius 3 is 2.35 bits per heavy atom. The maximum Gasteiger partial charge on any atom is 0.256 e. The summed E-state index contributed by atoms with van der Waals surface area (Å²) in [4.78, 5) is 36.2. The Balaban J connectivity index is 0.680. The van der Waals surface area contributed by atoms with Gasteiger partial charge in [0.15, 0.2) is 11.7 Å². The molecule has 1 amide bonds. The highest BCUT2D eigenvalue weighted by Gasteiger charge is 2.64.